The number of hydrogen-bond acceptors (Lipinski definition) is 5. The molecule has 0 bridgehead atoms. The van der Waals surface area contributed by atoms with Gasteiger partial charge in [0.2, 0.25) is 0 Å². The van der Waals surface area contributed by atoms with Gasteiger partial charge in [0.15, 0.2) is 11.5 Å². The largest absolute Gasteiger partial charge is 0.493 e. The normalized spacial score (nSPS) is 10.2. The van der Waals surface area contributed by atoms with Crippen molar-refractivity contribution in [2.45, 2.75) is 6.92 Å². The second-order valence-corrected chi connectivity index (χ2v) is 5.99. The molecule has 3 rings (SSSR count). The van der Waals surface area contributed by atoms with Gasteiger partial charge in [0.1, 0.15) is 5.75 Å². The summed E-state index contributed by atoms with van der Waals surface area (Å²) in [6.07, 6.45) is 0. The quantitative estimate of drug-likeness (QED) is 0.484. The van der Waals surface area contributed by atoms with Gasteiger partial charge in [-0.05, 0) is 55.5 Å². The topological polar surface area (TPSA) is 90.7 Å². The number of aryl methyl sites for hydroxylation is 1. The molecule has 7 nitrogen and oxygen atoms in total. The van der Waals surface area contributed by atoms with Crippen LogP contribution in [-0.4, -0.2) is 17.9 Å². The lowest BCUT2D eigenvalue weighted by atomic mass is 10.1. The number of rotatable bonds is 6. The van der Waals surface area contributed by atoms with Crippen LogP contribution in [0.5, 0.6) is 17.2 Å². The summed E-state index contributed by atoms with van der Waals surface area (Å²) in [7, 11) is 1.57. The molecule has 0 unspecified atom stereocenters. The fourth-order valence-corrected chi connectivity index (χ4v) is 2.64. The molecule has 142 valence electrons. The third-order valence-electron chi connectivity index (χ3n) is 4.06. The third-order valence-corrected chi connectivity index (χ3v) is 4.06. The maximum Gasteiger partial charge on any atom is 0.272 e. The summed E-state index contributed by atoms with van der Waals surface area (Å²) in [5.41, 5.74) is 1.33. The van der Waals surface area contributed by atoms with Crippen LogP contribution in [0.15, 0.2) is 66.7 Å². The Morgan fingerprint density at radius 2 is 1.68 bits per heavy atom. The number of nitro groups is 1. The van der Waals surface area contributed by atoms with Gasteiger partial charge >= 0.3 is 0 Å². The molecule has 1 amide bonds. The zero-order valence-corrected chi connectivity index (χ0v) is 15.3. The van der Waals surface area contributed by atoms with Crippen molar-refractivity contribution in [2.24, 2.45) is 0 Å². The molecule has 0 heterocycles. The molecule has 0 radical (unpaired) electrons. The fraction of sp³-hybridized carbons (Fsp3) is 0.0952. The van der Waals surface area contributed by atoms with Crippen LogP contribution in [0.3, 0.4) is 0 Å². The maximum absolute atomic E-state index is 12.4. The number of nitrogens with zero attached hydrogens (tertiary/aromatic N) is 1. The first kappa shape index (κ1) is 18.9. The number of anilines is 1. The van der Waals surface area contributed by atoms with E-state index in [1.165, 1.54) is 18.2 Å². The standard InChI is InChI=1S/C21H18N2O5/c1-14-13-15(7-12-18(14)23(25)26)21(24)22-16-8-10-17(11-9-16)28-20-6-4-3-5-19(20)27-2/h3-13H,1-2H3,(H,22,24). The summed E-state index contributed by atoms with van der Waals surface area (Å²) in [5, 5.41) is 13.6. The minimum atomic E-state index is -0.475. The number of para-hydroxylation sites is 2. The highest BCUT2D eigenvalue weighted by Gasteiger charge is 2.14. The molecule has 7 heteroatoms. The Hall–Kier alpha value is -3.87. The number of carbonyl (C=O) groups excluding carboxylic acids is 1. The predicted octanol–water partition coefficient (Wildman–Crippen LogP) is 4.96. The van der Waals surface area contributed by atoms with Crippen LogP contribution < -0.4 is 14.8 Å². The molecule has 0 aliphatic rings. The van der Waals surface area contributed by atoms with E-state index in [2.05, 4.69) is 5.32 Å². The monoisotopic (exact) mass is 378 g/mol. The van der Waals surface area contributed by atoms with Crippen molar-refractivity contribution in [3.8, 4) is 17.2 Å². The van der Waals surface area contributed by atoms with Crippen molar-refractivity contribution < 1.29 is 19.2 Å². The minimum Gasteiger partial charge on any atom is -0.493 e. The van der Waals surface area contributed by atoms with Crippen LogP contribution in [0.4, 0.5) is 11.4 Å². The van der Waals surface area contributed by atoms with Gasteiger partial charge in [-0.25, -0.2) is 0 Å². The number of methoxy groups -OCH3 is 1. The summed E-state index contributed by atoms with van der Waals surface area (Å²) in [6, 6.07) is 18.4. The molecule has 0 fully saturated rings. The van der Waals surface area contributed by atoms with E-state index in [0.29, 0.717) is 34.1 Å². The van der Waals surface area contributed by atoms with Gasteiger partial charge in [0.05, 0.1) is 12.0 Å². The second kappa shape index (κ2) is 8.22. The Bertz CT molecular complexity index is 1020. The van der Waals surface area contributed by atoms with Gasteiger partial charge in [0.25, 0.3) is 11.6 Å². The summed E-state index contributed by atoms with van der Waals surface area (Å²) in [6.45, 7) is 1.60. The van der Waals surface area contributed by atoms with E-state index in [1.807, 2.05) is 12.1 Å². The van der Waals surface area contributed by atoms with Gasteiger partial charge < -0.3 is 14.8 Å². The smallest absolute Gasteiger partial charge is 0.272 e. The van der Waals surface area contributed by atoms with Crippen LogP contribution in [0.1, 0.15) is 15.9 Å². The maximum atomic E-state index is 12.4. The number of ether oxygens (including phenoxy) is 2. The van der Waals surface area contributed by atoms with Crippen molar-refractivity contribution in [2.75, 3.05) is 12.4 Å². The summed E-state index contributed by atoms with van der Waals surface area (Å²) >= 11 is 0. The lowest BCUT2D eigenvalue weighted by molar-refractivity contribution is -0.385. The zero-order chi connectivity index (χ0) is 20.1. The van der Waals surface area contributed by atoms with Crippen LogP contribution in [0, 0.1) is 17.0 Å². The Morgan fingerprint density at radius 1 is 1.00 bits per heavy atom. The predicted molar refractivity (Wildman–Crippen MR) is 105 cm³/mol. The molecule has 0 aliphatic carbocycles. The molecule has 3 aromatic carbocycles. The summed E-state index contributed by atoms with van der Waals surface area (Å²) in [4.78, 5) is 22.8. The van der Waals surface area contributed by atoms with Crippen molar-refractivity contribution in [3.05, 3.63) is 88.0 Å². The molecule has 0 spiro atoms. The van der Waals surface area contributed by atoms with Gasteiger partial charge in [-0.3, -0.25) is 14.9 Å². The number of nitro benzene ring substituents is 1. The zero-order valence-electron chi connectivity index (χ0n) is 15.3. The highest BCUT2D eigenvalue weighted by atomic mass is 16.6. The Labute approximate surface area is 161 Å². The van der Waals surface area contributed by atoms with Crippen LogP contribution in [-0.2, 0) is 0 Å². The van der Waals surface area contributed by atoms with E-state index in [1.54, 1.807) is 50.4 Å². The van der Waals surface area contributed by atoms with Crippen LogP contribution in [0.25, 0.3) is 0 Å². The second-order valence-electron chi connectivity index (χ2n) is 5.99. The van der Waals surface area contributed by atoms with Gasteiger partial charge in [-0.1, -0.05) is 12.1 Å². The molecule has 3 aromatic rings. The van der Waals surface area contributed by atoms with Gasteiger partial charge in [-0.2, -0.15) is 0 Å². The van der Waals surface area contributed by atoms with E-state index >= 15 is 0 Å². The van der Waals surface area contributed by atoms with Crippen molar-refractivity contribution in [1.82, 2.24) is 0 Å². The Balaban J connectivity index is 1.69. The first-order valence-corrected chi connectivity index (χ1v) is 8.45. The molecule has 0 saturated carbocycles. The van der Waals surface area contributed by atoms with E-state index in [0.717, 1.165) is 0 Å². The molecule has 28 heavy (non-hydrogen) atoms. The number of carbonyl (C=O) groups is 1. The van der Waals surface area contributed by atoms with E-state index in [-0.39, 0.29) is 11.6 Å². The SMILES string of the molecule is COc1ccccc1Oc1ccc(NC(=O)c2ccc([N+](=O)[O-])c(C)c2)cc1. The van der Waals surface area contributed by atoms with E-state index in [9.17, 15) is 14.9 Å². The van der Waals surface area contributed by atoms with E-state index in [4.69, 9.17) is 9.47 Å². The number of benzene rings is 3. The first-order chi connectivity index (χ1) is 13.5. The molecule has 0 aliphatic heterocycles. The van der Waals surface area contributed by atoms with Crippen LogP contribution in [0.2, 0.25) is 0 Å². The Kier molecular flexibility index (Phi) is 5.55. The van der Waals surface area contributed by atoms with Crippen molar-refractivity contribution in [3.63, 3.8) is 0 Å². The van der Waals surface area contributed by atoms with Crippen LogP contribution >= 0.6 is 0 Å². The lowest BCUT2D eigenvalue weighted by Gasteiger charge is -2.11. The molecule has 0 aromatic heterocycles. The molecule has 1 N–H and O–H groups in total. The van der Waals surface area contributed by atoms with Crippen molar-refractivity contribution >= 4 is 17.3 Å². The number of hydrogen-bond donors (Lipinski definition) is 1. The average molecular weight is 378 g/mol. The highest BCUT2D eigenvalue weighted by Crippen LogP contribution is 2.31. The first-order valence-electron chi connectivity index (χ1n) is 8.45. The fourth-order valence-electron chi connectivity index (χ4n) is 2.64. The highest BCUT2D eigenvalue weighted by molar-refractivity contribution is 6.04. The Morgan fingerprint density at radius 3 is 2.29 bits per heavy atom. The summed E-state index contributed by atoms with van der Waals surface area (Å²) in [5.74, 6) is 1.45. The molecular weight excluding hydrogens is 360 g/mol. The minimum absolute atomic E-state index is 0.0191. The third kappa shape index (κ3) is 4.27. The number of amides is 1. The average Bonchev–Trinajstić information content (AvgIpc) is 2.69. The lowest BCUT2D eigenvalue weighted by Crippen LogP contribution is -2.12. The molecule has 0 saturated heterocycles. The molecular formula is C21H18N2O5. The van der Waals surface area contributed by atoms with E-state index < -0.39 is 4.92 Å². The van der Waals surface area contributed by atoms with Crippen molar-refractivity contribution in [1.29, 1.82) is 0 Å². The van der Waals surface area contributed by atoms with Gasteiger partial charge in [-0.15, -0.1) is 0 Å². The van der Waals surface area contributed by atoms with Gasteiger partial charge in [0, 0.05) is 22.9 Å². The molecule has 0 atom stereocenters. The number of nitrogens with one attached hydrogen (secondary N) is 1. The summed E-state index contributed by atoms with van der Waals surface area (Å²) < 4.78 is 11.0.